The van der Waals surface area contributed by atoms with Gasteiger partial charge < -0.3 is 9.84 Å². The number of hydrogen-bond acceptors (Lipinski definition) is 6. The van der Waals surface area contributed by atoms with Crippen LogP contribution < -0.4 is 14.7 Å². The number of imide groups is 1. The van der Waals surface area contributed by atoms with E-state index in [1.807, 2.05) is 37.3 Å². The highest BCUT2D eigenvalue weighted by molar-refractivity contribution is 9.10. The van der Waals surface area contributed by atoms with Crippen LogP contribution in [-0.4, -0.2) is 29.6 Å². The molecule has 0 aliphatic carbocycles. The second kappa shape index (κ2) is 9.05. The first-order valence-corrected chi connectivity index (χ1v) is 12.3. The fourth-order valence-corrected chi connectivity index (χ4v) is 5.15. The molecule has 0 bridgehead atoms. The van der Waals surface area contributed by atoms with Gasteiger partial charge in [-0.2, -0.15) is 0 Å². The maximum Gasteiger partial charge on any atom is 0.266 e. The molecule has 2 heterocycles. The number of carbonyl (C=O) groups is 2. The molecule has 3 aromatic rings. The predicted octanol–water partition coefficient (Wildman–Crippen LogP) is 5.37. The Hall–Kier alpha value is -2.88. The molecule has 2 saturated heterocycles. The van der Waals surface area contributed by atoms with E-state index in [1.165, 1.54) is 4.90 Å². The Morgan fingerprint density at radius 3 is 2.35 bits per heavy atom. The molecule has 34 heavy (non-hydrogen) atoms. The number of carbonyl (C=O) groups excluding carboxylic acids is 2. The van der Waals surface area contributed by atoms with E-state index < -0.39 is 24.0 Å². The summed E-state index contributed by atoms with van der Waals surface area (Å²) < 4.78 is 6.88. The maximum absolute atomic E-state index is 13.7. The minimum absolute atomic E-state index is 0.0300. The van der Waals surface area contributed by atoms with Crippen LogP contribution in [0.25, 0.3) is 0 Å². The molecular formula is C25H20Br2N2O5. The summed E-state index contributed by atoms with van der Waals surface area (Å²) in [4.78, 5) is 34.4. The number of halogens is 2. The van der Waals surface area contributed by atoms with Gasteiger partial charge in [0.05, 0.1) is 28.5 Å². The number of phenols is 1. The molecule has 2 aliphatic heterocycles. The summed E-state index contributed by atoms with van der Waals surface area (Å²) in [5, 5.41) is 12.0. The van der Waals surface area contributed by atoms with Gasteiger partial charge >= 0.3 is 0 Å². The number of para-hydroxylation sites is 1. The Balaban J connectivity index is 1.62. The Bertz CT molecular complexity index is 1250. The monoisotopic (exact) mass is 586 g/mol. The van der Waals surface area contributed by atoms with E-state index in [2.05, 4.69) is 31.9 Å². The zero-order valence-corrected chi connectivity index (χ0v) is 21.2. The van der Waals surface area contributed by atoms with Crippen LogP contribution in [0, 0.1) is 5.92 Å². The van der Waals surface area contributed by atoms with E-state index >= 15 is 0 Å². The number of nitrogens with zero attached hydrogens (tertiary/aromatic N) is 2. The molecule has 1 N–H and O–H groups in total. The molecule has 3 aromatic carbocycles. The van der Waals surface area contributed by atoms with Crippen molar-refractivity contribution in [1.29, 1.82) is 0 Å². The van der Waals surface area contributed by atoms with E-state index in [1.54, 1.807) is 41.5 Å². The minimum atomic E-state index is -0.982. The number of phenolic OH excluding ortho intramolecular Hbond substituents is 1. The third-order valence-corrected chi connectivity index (χ3v) is 7.04. The lowest BCUT2D eigenvalue weighted by atomic mass is 9.90. The lowest BCUT2D eigenvalue weighted by Gasteiger charge is -2.29. The Kier molecular flexibility index (Phi) is 6.09. The first-order valence-electron chi connectivity index (χ1n) is 10.7. The number of hydrogen-bond donors (Lipinski definition) is 1. The highest BCUT2D eigenvalue weighted by atomic mass is 79.9. The number of ether oxygens (including phenoxy) is 1. The second-order valence-electron chi connectivity index (χ2n) is 7.93. The molecule has 2 aliphatic rings. The van der Waals surface area contributed by atoms with Crippen LogP contribution in [0.15, 0.2) is 75.7 Å². The van der Waals surface area contributed by atoms with Crippen LogP contribution in [0.3, 0.4) is 0 Å². The first-order chi connectivity index (χ1) is 16.4. The fraction of sp³-hybridized carbons (Fsp3) is 0.200. The van der Waals surface area contributed by atoms with Gasteiger partial charge in [-0.05, 0) is 76.9 Å². The van der Waals surface area contributed by atoms with Crippen molar-refractivity contribution in [2.45, 2.75) is 19.1 Å². The van der Waals surface area contributed by atoms with Gasteiger partial charge in [0.25, 0.3) is 5.91 Å². The van der Waals surface area contributed by atoms with Crippen molar-refractivity contribution in [3.63, 3.8) is 0 Å². The standard InChI is InChI=1S/C25H20Br2N2O5/c1-2-33-19-13-14(12-18(27)22(19)30)21-20-23(34-29(21)17-6-4-3-5-7-17)25(32)28(24(20)31)16-10-8-15(26)9-11-16/h3-13,20-21,23,30H,2H2,1H3/t20-,21+,23+/m0/s1. The lowest BCUT2D eigenvalue weighted by molar-refractivity contribution is -0.126. The summed E-state index contributed by atoms with van der Waals surface area (Å²) in [5.74, 6) is -1.30. The van der Waals surface area contributed by atoms with Gasteiger partial charge in [-0.1, -0.05) is 34.1 Å². The van der Waals surface area contributed by atoms with Gasteiger partial charge in [-0.25, -0.2) is 9.96 Å². The zero-order valence-electron chi connectivity index (χ0n) is 18.0. The van der Waals surface area contributed by atoms with E-state index in [4.69, 9.17) is 9.57 Å². The van der Waals surface area contributed by atoms with Crippen molar-refractivity contribution in [1.82, 2.24) is 0 Å². The average Bonchev–Trinajstić information content (AvgIpc) is 3.34. The van der Waals surface area contributed by atoms with Crippen LogP contribution in [-0.2, 0) is 14.4 Å². The number of amides is 2. The first kappa shape index (κ1) is 22.9. The highest BCUT2D eigenvalue weighted by Gasteiger charge is 2.60. The molecular weight excluding hydrogens is 568 g/mol. The van der Waals surface area contributed by atoms with Crippen LogP contribution in [0.5, 0.6) is 11.5 Å². The number of fused-ring (bicyclic) bond motifs is 1. The largest absolute Gasteiger partial charge is 0.503 e. The lowest BCUT2D eigenvalue weighted by Crippen LogP contribution is -2.37. The third kappa shape index (κ3) is 3.77. The van der Waals surface area contributed by atoms with Crippen LogP contribution in [0.2, 0.25) is 0 Å². The van der Waals surface area contributed by atoms with Crippen molar-refractivity contribution >= 4 is 55.0 Å². The Morgan fingerprint density at radius 1 is 0.971 bits per heavy atom. The number of hydroxylamine groups is 1. The van der Waals surface area contributed by atoms with E-state index in [-0.39, 0.29) is 17.4 Å². The molecule has 2 amide bonds. The third-order valence-electron chi connectivity index (χ3n) is 5.90. The molecule has 7 nitrogen and oxygen atoms in total. The van der Waals surface area contributed by atoms with Gasteiger partial charge in [-0.3, -0.25) is 14.4 Å². The minimum Gasteiger partial charge on any atom is -0.503 e. The molecule has 0 spiro atoms. The van der Waals surface area contributed by atoms with Crippen molar-refractivity contribution in [2.24, 2.45) is 5.92 Å². The second-order valence-corrected chi connectivity index (χ2v) is 9.70. The molecule has 5 rings (SSSR count). The van der Waals surface area contributed by atoms with E-state index in [0.29, 0.717) is 28.0 Å². The van der Waals surface area contributed by atoms with Crippen LogP contribution >= 0.6 is 31.9 Å². The molecule has 0 radical (unpaired) electrons. The quantitative estimate of drug-likeness (QED) is 0.405. The summed E-state index contributed by atoms with van der Waals surface area (Å²) in [6.07, 6.45) is -0.982. The number of anilines is 2. The summed E-state index contributed by atoms with van der Waals surface area (Å²) in [7, 11) is 0. The van der Waals surface area contributed by atoms with Crippen molar-refractivity contribution < 1.29 is 24.3 Å². The van der Waals surface area contributed by atoms with Crippen LogP contribution in [0.1, 0.15) is 18.5 Å². The molecule has 0 aromatic heterocycles. The van der Waals surface area contributed by atoms with Gasteiger partial charge in [0.15, 0.2) is 17.6 Å². The van der Waals surface area contributed by atoms with E-state index in [9.17, 15) is 14.7 Å². The summed E-state index contributed by atoms with van der Waals surface area (Å²) >= 11 is 6.77. The Morgan fingerprint density at radius 2 is 1.68 bits per heavy atom. The predicted molar refractivity (Wildman–Crippen MR) is 134 cm³/mol. The topological polar surface area (TPSA) is 79.3 Å². The smallest absolute Gasteiger partial charge is 0.266 e. The Labute approximate surface area is 213 Å². The SMILES string of the molecule is CCOc1cc([C@@H]2[C@@H]3C(=O)N(c4ccc(Br)cc4)C(=O)[C@@H]3ON2c2ccccc2)cc(Br)c1O. The molecule has 0 unspecified atom stereocenters. The van der Waals surface area contributed by atoms with Crippen molar-refractivity contribution in [2.75, 3.05) is 16.6 Å². The molecule has 174 valence electrons. The molecule has 3 atom stereocenters. The number of aromatic hydroxyl groups is 1. The van der Waals surface area contributed by atoms with Gasteiger partial charge in [-0.15, -0.1) is 0 Å². The van der Waals surface area contributed by atoms with Crippen molar-refractivity contribution in [3.05, 3.63) is 81.2 Å². The number of rotatable bonds is 5. The van der Waals surface area contributed by atoms with Crippen molar-refractivity contribution in [3.8, 4) is 11.5 Å². The summed E-state index contributed by atoms with van der Waals surface area (Å²) in [5.41, 5.74) is 1.87. The molecule has 2 fully saturated rings. The molecule has 0 saturated carbocycles. The molecule has 9 heteroatoms. The number of benzene rings is 3. The van der Waals surface area contributed by atoms with E-state index in [0.717, 1.165) is 4.47 Å². The maximum atomic E-state index is 13.7. The van der Waals surface area contributed by atoms with Crippen LogP contribution in [0.4, 0.5) is 11.4 Å². The zero-order chi connectivity index (χ0) is 24.0. The van der Waals surface area contributed by atoms with Gasteiger partial charge in [0.1, 0.15) is 5.92 Å². The van der Waals surface area contributed by atoms with Gasteiger partial charge in [0.2, 0.25) is 5.91 Å². The average molecular weight is 588 g/mol. The summed E-state index contributed by atoms with van der Waals surface area (Å²) in [6.45, 7) is 2.17. The van der Waals surface area contributed by atoms with Gasteiger partial charge in [0, 0.05) is 4.47 Å². The highest BCUT2D eigenvalue weighted by Crippen LogP contribution is 2.49. The normalized spacial score (nSPS) is 21.8. The fourth-order valence-electron chi connectivity index (χ4n) is 4.43. The summed E-state index contributed by atoms with van der Waals surface area (Å²) in [6, 6.07) is 19.1.